The molecule has 1 heterocycles. The van der Waals surface area contributed by atoms with Gasteiger partial charge in [-0.15, -0.1) is 13.2 Å². The van der Waals surface area contributed by atoms with Crippen LogP contribution in [0.4, 0.5) is 18.9 Å². The first-order chi connectivity index (χ1) is 7.74. The van der Waals surface area contributed by atoms with E-state index in [0.717, 1.165) is 7.11 Å². The maximum absolute atomic E-state index is 11.9. The molecule has 0 N–H and O–H groups in total. The number of nitro groups is 1. The standard InChI is InChI=1S/C7H4F3IN2O4/c1-16-3-2-4(17-7(8,9)10)12-6(11)5(3)13(14)15/h2H,1H3. The number of nitrogens with zero attached hydrogens (tertiary/aromatic N) is 2. The van der Waals surface area contributed by atoms with Gasteiger partial charge < -0.3 is 9.47 Å². The molecule has 0 aromatic carbocycles. The summed E-state index contributed by atoms with van der Waals surface area (Å²) < 4.78 is 43.7. The Labute approximate surface area is 106 Å². The van der Waals surface area contributed by atoms with Gasteiger partial charge in [0, 0.05) is 0 Å². The number of alkyl halides is 3. The molecular weight excluding hydrogens is 360 g/mol. The van der Waals surface area contributed by atoms with Crippen molar-refractivity contribution >= 4 is 28.3 Å². The van der Waals surface area contributed by atoms with Crippen LogP contribution in [0.1, 0.15) is 0 Å². The highest BCUT2D eigenvalue weighted by molar-refractivity contribution is 14.1. The van der Waals surface area contributed by atoms with E-state index in [1.807, 2.05) is 0 Å². The molecule has 0 spiro atoms. The van der Waals surface area contributed by atoms with Crippen molar-refractivity contribution in [2.45, 2.75) is 6.36 Å². The fraction of sp³-hybridized carbons (Fsp3) is 0.286. The Kier molecular flexibility index (Phi) is 3.95. The molecule has 94 valence electrons. The van der Waals surface area contributed by atoms with Gasteiger partial charge in [0.25, 0.3) is 0 Å². The molecule has 1 rings (SSSR count). The summed E-state index contributed by atoms with van der Waals surface area (Å²) in [5, 5.41) is 10.6. The van der Waals surface area contributed by atoms with Gasteiger partial charge in [-0.25, -0.2) is 0 Å². The summed E-state index contributed by atoms with van der Waals surface area (Å²) in [6.07, 6.45) is -4.92. The van der Waals surface area contributed by atoms with Crippen molar-refractivity contribution in [3.8, 4) is 11.6 Å². The highest BCUT2D eigenvalue weighted by Crippen LogP contribution is 2.35. The van der Waals surface area contributed by atoms with Gasteiger partial charge in [-0.05, 0) is 22.6 Å². The van der Waals surface area contributed by atoms with E-state index in [-0.39, 0.29) is 9.45 Å². The van der Waals surface area contributed by atoms with Crippen LogP contribution in [0.3, 0.4) is 0 Å². The van der Waals surface area contributed by atoms with E-state index in [1.54, 1.807) is 0 Å². The van der Waals surface area contributed by atoms with Crippen molar-refractivity contribution in [1.82, 2.24) is 4.98 Å². The second-order valence-electron chi connectivity index (χ2n) is 2.61. The van der Waals surface area contributed by atoms with Gasteiger partial charge in [-0.1, -0.05) is 0 Å². The largest absolute Gasteiger partial charge is 0.574 e. The van der Waals surface area contributed by atoms with E-state index in [0.29, 0.717) is 6.07 Å². The number of aromatic nitrogens is 1. The molecule has 0 atom stereocenters. The minimum absolute atomic E-state index is 0.258. The lowest BCUT2D eigenvalue weighted by molar-refractivity contribution is -0.387. The van der Waals surface area contributed by atoms with Crippen LogP contribution < -0.4 is 9.47 Å². The van der Waals surface area contributed by atoms with Crippen LogP contribution in [0.25, 0.3) is 0 Å². The maximum Gasteiger partial charge on any atom is 0.574 e. The van der Waals surface area contributed by atoms with Crippen molar-refractivity contribution in [1.29, 1.82) is 0 Å². The summed E-state index contributed by atoms with van der Waals surface area (Å²) in [6.45, 7) is 0. The van der Waals surface area contributed by atoms with Crippen molar-refractivity contribution in [3.63, 3.8) is 0 Å². The Bertz CT molecular complexity index is 451. The zero-order valence-corrected chi connectivity index (χ0v) is 10.3. The minimum atomic E-state index is -4.92. The van der Waals surface area contributed by atoms with Gasteiger partial charge in [0.05, 0.1) is 18.1 Å². The molecule has 0 unspecified atom stereocenters. The van der Waals surface area contributed by atoms with Gasteiger partial charge in [0.2, 0.25) is 11.6 Å². The Balaban J connectivity index is 3.23. The lowest BCUT2D eigenvalue weighted by atomic mass is 10.4. The Morgan fingerprint density at radius 1 is 1.53 bits per heavy atom. The molecule has 17 heavy (non-hydrogen) atoms. The van der Waals surface area contributed by atoms with Crippen LogP contribution in [-0.4, -0.2) is 23.4 Å². The van der Waals surface area contributed by atoms with E-state index in [9.17, 15) is 23.3 Å². The van der Waals surface area contributed by atoms with Gasteiger partial charge in [0.15, 0.2) is 3.70 Å². The van der Waals surface area contributed by atoms with Crippen molar-refractivity contribution < 1.29 is 27.6 Å². The first kappa shape index (κ1) is 13.7. The predicted octanol–water partition coefficient (Wildman–Crippen LogP) is 2.50. The summed E-state index contributed by atoms with van der Waals surface area (Å²) >= 11 is 1.42. The fourth-order valence-electron chi connectivity index (χ4n) is 0.956. The number of hydrogen-bond acceptors (Lipinski definition) is 5. The molecule has 0 aliphatic carbocycles. The minimum Gasteiger partial charge on any atom is -0.490 e. The van der Waals surface area contributed by atoms with Crippen LogP contribution >= 0.6 is 22.6 Å². The highest BCUT2D eigenvalue weighted by atomic mass is 127. The lowest BCUT2D eigenvalue weighted by Gasteiger charge is -2.09. The Morgan fingerprint density at radius 2 is 2.12 bits per heavy atom. The normalized spacial score (nSPS) is 11.1. The summed E-state index contributed by atoms with van der Waals surface area (Å²) in [5.74, 6) is -1.17. The molecule has 1 aromatic rings. The number of hydrogen-bond donors (Lipinski definition) is 0. The summed E-state index contributed by atoms with van der Waals surface area (Å²) in [5.41, 5.74) is -0.511. The van der Waals surface area contributed by atoms with E-state index in [2.05, 4.69) is 14.5 Å². The first-order valence-electron chi connectivity index (χ1n) is 3.89. The molecule has 0 fully saturated rings. The topological polar surface area (TPSA) is 74.5 Å². The van der Waals surface area contributed by atoms with Crippen LogP contribution in [0, 0.1) is 13.8 Å². The van der Waals surface area contributed by atoms with Gasteiger partial charge in [-0.3, -0.25) is 10.1 Å². The second-order valence-corrected chi connectivity index (χ2v) is 3.63. The van der Waals surface area contributed by atoms with Crippen LogP contribution in [-0.2, 0) is 0 Å². The molecule has 0 saturated carbocycles. The van der Waals surface area contributed by atoms with E-state index in [4.69, 9.17) is 0 Å². The molecule has 0 aliphatic rings. The highest BCUT2D eigenvalue weighted by Gasteiger charge is 2.33. The third-order valence-electron chi connectivity index (χ3n) is 1.51. The quantitative estimate of drug-likeness (QED) is 0.357. The molecule has 0 radical (unpaired) electrons. The number of halogens is 4. The molecule has 10 heteroatoms. The van der Waals surface area contributed by atoms with E-state index in [1.165, 1.54) is 22.6 Å². The molecule has 0 aliphatic heterocycles. The van der Waals surface area contributed by atoms with E-state index < -0.39 is 22.9 Å². The first-order valence-corrected chi connectivity index (χ1v) is 4.97. The van der Waals surface area contributed by atoms with Crippen LogP contribution in [0.2, 0.25) is 0 Å². The number of methoxy groups -OCH3 is 1. The monoisotopic (exact) mass is 364 g/mol. The van der Waals surface area contributed by atoms with Gasteiger partial charge in [0.1, 0.15) is 0 Å². The zero-order valence-electron chi connectivity index (χ0n) is 8.12. The Hall–Kier alpha value is -1.33. The van der Waals surface area contributed by atoms with Gasteiger partial charge >= 0.3 is 12.0 Å². The third-order valence-corrected chi connectivity index (χ3v) is 2.27. The third kappa shape index (κ3) is 3.57. The average molecular weight is 364 g/mol. The Morgan fingerprint density at radius 3 is 2.53 bits per heavy atom. The smallest absolute Gasteiger partial charge is 0.490 e. The fourth-order valence-corrected chi connectivity index (χ4v) is 1.66. The van der Waals surface area contributed by atoms with Crippen LogP contribution in [0.5, 0.6) is 11.6 Å². The summed E-state index contributed by atoms with van der Waals surface area (Å²) in [6, 6.07) is 0.702. The molecule has 0 amide bonds. The SMILES string of the molecule is COc1cc(OC(F)(F)F)nc(I)c1[N+](=O)[O-]. The maximum atomic E-state index is 11.9. The molecule has 0 saturated heterocycles. The molecular formula is C7H4F3IN2O4. The summed E-state index contributed by atoms with van der Waals surface area (Å²) in [7, 11) is 1.09. The second kappa shape index (κ2) is 4.89. The predicted molar refractivity (Wildman–Crippen MR) is 56.8 cm³/mol. The molecule has 0 bridgehead atoms. The van der Waals surface area contributed by atoms with Crippen molar-refractivity contribution in [2.24, 2.45) is 0 Å². The van der Waals surface area contributed by atoms with E-state index >= 15 is 0 Å². The van der Waals surface area contributed by atoms with Crippen molar-refractivity contribution in [2.75, 3.05) is 7.11 Å². The van der Waals surface area contributed by atoms with Crippen LogP contribution in [0.15, 0.2) is 6.07 Å². The number of rotatable bonds is 3. The van der Waals surface area contributed by atoms with Gasteiger partial charge in [-0.2, -0.15) is 4.98 Å². The average Bonchev–Trinajstić information content (AvgIpc) is 2.12. The van der Waals surface area contributed by atoms with Crippen molar-refractivity contribution in [3.05, 3.63) is 19.9 Å². The lowest BCUT2D eigenvalue weighted by Crippen LogP contribution is -2.18. The molecule has 6 nitrogen and oxygen atoms in total. The molecule has 1 aromatic heterocycles. The number of pyridine rings is 1. The zero-order chi connectivity index (χ0) is 13.2. The summed E-state index contributed by atoms with van der Waals surface area (Å²) in [4.78, 5) is 13.1. The number of ether oxygens (including phenoxy) is 2.